The summed E-state index contributed by atoms with van der Waals surface area (Å²) in [7, 11) is 0. The topological polar surface area (TPSA) is 61.0 Å². The van der Waals surface area contributed by atoms with Crippen LogP contribution in [0.1, 0.15) is 27.9 Å². The van der Waals surface area contributed by atoms with E-state index in [1.165, 1.54) is 5.56 Å². The maximum Gasteiger partial charge on any atom is 0.131 e. The average molecular weight is 247 g/mol. The second-order valence-electron chi connectivity index (χ2n) is 3.97. The predicted molar refractivity (Wildman–Crippen MR) is 66.2 cm³/mol. The maximum absolute atomic E-state index is 5.64. The van der Waals surface area contributed by atoms with E-state index < -0.39 is 0 Å². The highest BCUT2D eigenvalue weighted by atomic mass is 32.1. The van der Waals surface area contributed by atoms with Crippen molar-refractivity contribution in [3.63, 3.8) is 0 Å². The maximum atomic E-state index is 5.64. The van der Waals surface area contributed by atoms with E-state index in [2.05, 4.69) is 16.3 Å². The number of fused-ring (bicyclic) bond motifs is 1. The van der Waals surface area contributed by atoms with Crippen LogP contribution in [0.25, 0.3) is 0 Å². The van der Waals surface area contributed by atoms with E-state index in [0.717, 1.165) is 28.8 Å². The van der Waals surface area contributed by atoms with Crippen LogP contribution in [0.15, 0.2) is 24.3 Å². The molecule has 0 bridgehead atoms. The molecule has 2 aromatic rings. The number of ether oxygens (including phenoxy) is 1. The molecule has 1 aromatic heterocycles. The van der Waals surface area contributed by atoms with Crippen molar-refractivity contribution in [1.82, 2.24) is 10.2 Å². The van der Waals surface area contributed by atoms with Crippen molar-refractivity contribution in [1.29, 1.82) is 0 Å². The van der Waals surface area contributed by atoms with E-state index in [0.29, 0.717) is 12.5 Å². The number of hydrogen-bond donors (Lipinski definition) is 1. The van der Waals surface area contributed by atoms with Crippen LogP contribution < -0.4 is 10.5 Å². The van der Waals surface area contributed by atoms with Gasteiger partial charge in [-0.3, -0.25) is 0 Å². The molecule has 4 nitrogen and oxygen atoms in total. The summed E-state index contributed by atoms with van der Waals surface area (Å²) in [6.07, 6.45) is 0.955. The minimum Gasteiger partial charge on any atom is -0.493 e. The summed E-state index contributed by atoms with van der Waals surface area (Å²) in [6, 6.07) is 8.13. The molecule has 1 aliphatic rings. The lowest BCUT2D eigenvalue weighted by atomic mass is 9.94. The highest BCUT2D eigenvalue weighted by molar-refractivity contribution is 7.11. The summed E-state index contributed by atoms with van der Waals surface area (Å²) >= 11 is 1.60. The quantitative estimate of drug-likeness (QED) is 0.880. The summed E-state index contributed by atoms with van der Waals surface area (Å²) in [5, 5.41) is 10.3. The predicted octanol–water partition coefficient (Wildman–Crippen LogP) is 1.91. The molecule has 2 N–H and O–H groups in total. The van der Waals surface area contributed by atoms with Crippen LogP contribution in [-0.4, -0.2) is 16.8 Å². The lowest BCUT2D eigenvalue weighted by molar-refractivity contribution is 0.276. The van der Waals surface area contributed by atoms with Gasteiger partial charge in [-0.2, -0.15) is 0 Å². The third kappa shape index (κ3) is 1.92. The molecule has 0 saturated carbocycles. The van der Waals surface area contributed by atoms with Gasteiger partial charge in [-0.15, -0.1) is 10.2 Å². The Morgan fingerprint density at radius 2 is 2.24 bits per heavy atom. The molecule has 1 aliphatic heterocycles. The van der Waals surface area contributed by atoms with Crippen LogP contribution in [-0.2, 0) is 6.54 Å². The number of hydrogen-bond acceptors (Lipinski definition) is 5. The molecule has 2 heterocycles. The van der Waals surface area contributed by atoms with Gasteiger partial charge >= 0.3 is 0 Å². The number of para-hydroxylation sites is 1. The van der Waals surface area contributed by atoms with E-state index in [1.807, 2.05) is 18.2 Å². The second kappa shape index (κ2) is 4.43. The van der Waals surface area contributed by atoms with Crippen molar-refractivity contribution in [2.75, 3.05) is 6.61 Å². The third-order valence-electron chi connectivity index (χ3n) is 2.91. The number of nitrogens with zero attached hydrogens (tertiary/aromatic N) is 2. The molecule has 5 heteroatoms. The Morgan fingerprint density at radius 1 is 1.35 bits per heavy atom. The van der Waals surface area contributed by atoms with Crippen molar-refractivity contribution in [2.24, 2.45) is 5.73 Å². The van der Waals surface area contributed by atoms with Gasteiger partial charge in [0.2, 0.25) is 0 Å². The molecule has 3 rings (SSSR count). The van der Waals surface area contributed by atoms with Gasteiger partial charge < -0.3 is 10.5 Å². The molecule has 0 aliphatic carbocycles. The Kier molecular flexibility index (Phi) is 2.78. The standard InChI is InChI=1S/C12H13N3OS/c13-7-11-14-15-12(17-11)9-5-6-16-10-4-2-1-3-8(9)10/h1-4,9H,5-7,13H2. The van der Waals surface area contributed by atoms with Crippen molar-refractivity contribution < 1.29 is 4.74 Å². The van der Waals surface area contributed by atoms with Gasteiger partial charge in [0.25, 0.3) is 0 Å². The first kappa shape index (κ1) is 10.7. The number of nitrogens with two attached hydrogens (primary N) is 1. The van der Waals surface area contributed by atoms with E-state index in [1.54, 1.807) is 11.3 Å². The van der Waals surface area contributed by atoms with Crippen molar-refractivity contribution in [3.8, 4) is 5.75 Å². The van der Waals surface area contributed by atoms with Crippen LogP contribution in [0.2, 0.25) is 0 Å². The van der Waals surface area contributed by atoms with Gasteiger partial charge in [-0.25, -0.2) is 0 Å². The highest BCUT2D eigenvalue weighted by Crippen LogP contribution is 2.38. The molecule has 0 radical (unpaired) electrons. The molecule has 1 atom stereocenters. The highest BCUT2D eigenvalue weighted by Gasteiger charge is 2.25. The zero-order valence-corrected chi connectivity index (χ0v) is 10.1. The Hall–Kier alpha value is -1.46. The lowest BCUT2D eigenvalue weighted by Crippen LogP contribution is -2.14. The van der Waals surface area contributed by atoms with Gasteiger partial charge in [0.1, 0.15) is 15.8 Å². The molecule has 0 fully saturated rings. The van der Waals surface area contributed by atoms with E-state index >= 15 is 0 Å². The first-order valence-electron chi connectivity index (χ1n) is 5.62. The van der Waals surface area contributed by atoms with Gasteiger partial charge in [0, 0.05) is 18.0 Å². The van der Waals surface area contributed by atoms with Crippen molar-refractivity contribution >= 4 is 11.3 Å². The number of aromatic nitrogens is 2. The Bertz CT molecular complexity index is 526. The zero-order chi connectivity index (χ0) is 11.7. The van der Waals surface area contributed by atoms with Crippen LogP contribution in [0.4, 0.5) is 0 Å². The minimum absolute atomic E-state index is 0.303. The third-order valence-corrected chi connectivity index (χ3v) is 3.97. The van der Waals surface area contributed by atoms with Crippen molar-refractivity contribution in [2.45, 2.75) is 18.9 Å². The summed E-state index contributed by atoms with van der Waals surface area (Å²) in [6.45, 7) is 1.20. The molecule has 17 heavy (non-hydrogen) atoms. The molecular weight excluding hydrogens is 234 g/mol. The molecule has 1 unspecified atom stereocenters. The van der Waals surface area contributed by atoms with Gasteiger partial charge in [0.15, 0.2) is 0 Å². The number of benzene rings is 1. The first-order chi connectivity index (χ1) is 8.38. The van der Waals surface area contributed by atoms with Crippen LogP contribution >= 0.6 is 11.3 Å². The summed E-state index contributed by atoms with van der Waals surface area (Å²) in [5.74, 6) is 1.27. The fraction of sp³-hybridized carbons (Fsp3) is 0.333. The van der Waals surface area contributed by atoms with Crippen molar-refractivity contribution in [3.05, 3.63) is 39.8 Å². The minimum atomic E-state index is 0.303. The summed E-state index contributed by atoms with van der Waals surface area (Å²) in [5.41, 5.74) is 6.78. The van der Waals surface area contributed by atoms with Gasteiger partial charge in [-0.05, 0) is 12.5 Å². The summed E-state index contributed by atoms with van der Waals surface area (Å²) < 4.78 is 5.64. The molecular formula is C12H13N3OS. The molecule has 1 aromatic carbocycles. The fourth-order valence-corrected chi connectivity index (χ4v) is 2.96. The van der Waals surface area contributed by atoms with E-state index in [-0.39, 0.29) is 0 Å². The monoisotopic (exact) mass is 247 g/mol. The second-order valence-corrected chi connectivity index (χ2v) is 5.06. The van der Waals surface area contributed by atoms with E-state index in [4.69, 9.17) is 10.5 Å². The Balaban J connectivity index is 1.99. The van der Waals surface area contributed by atoms with Crippen LogP contribution in [0, 0.1) is 0 Å². The van der Waals surface area contributed by atoms with Gasteiger partial charge in [0.05, 0.1) is 6.61 Å². The summed E-state index contributed by atoms with van der Waals surface area (Å²) in [4.78, 5) is 0. The SMILES string of the molecule is NCc1nnc(C2CCOc3ccccc32)s1. The fourth-order valence-electron chi connectivity index (χ4n) is 2.09. The Labute approximate surface area is 103 Å². The van der Waals surface area contributed by atoms with E-state index in [9.17, 15) is 0 Å². The zero-order valence-electron chi connectivity index (χ0n) is 9.30. The Morgan fingerprint density at radius 3 is 3.06 bits per heavy atom. The first-order valence-corrected chi connectivity index (χ1v) is 6.44. The molecule has 88 valence electrons. The smallest absolute Gasteiger partial charge is 0.131 e. The molecule has 0 spiro atoms. The van der Waals surface area contributed by atoms with Crippen LogP contribution in [0.5, 0.6) is 5.75 Å². The van der Waals surface area contributed by atoms with Gasteiger partial charge in [-0.1, -0.05) is 29.5 Å². The molecule has 0 amide bonds. The number of rotatable bonds is 2. The normalized spacial score (nSPS) is 18.5. The lowest BCUT2D eigenvalue weighted by Gasteiger charge is -2.23. The average Bonchev–Trinajstić information content (AvgIpc) is 2.87. The van der Waals surface area contributed by atoms with Crippen LogP contribution in [0.3, 0.4) is 0 Å². The largest absolute Gasteiger partial charge is 0.493 e. The molecule has 0 saturated heterocycles.